The molecule has 1 saturated carbocycles. The van der Waals surface area contributed by atoms with Crippen LogP contribution in [0.1, 0.15) is 19.3 Å². The number of allylic oxidation sites excluding steroid dienone is 2. The fourth-order valence-corrected chi connectivity index (χ4v) is 3.73. The summed E-state index contributed by atoms with van der Waals surface area (Å²) in [6.07, 6.45) is 8.00. The standard InChI is InChI=1S/C13H18ClNO/c14-6-10-5-13(16)15(7-10)8-12-4-9-1-2-11(12)3-9/h1-2,9-12H,3-8H2. The van der Waals surface area contributed by atoms with Gasteiger partial charge in [-0.05, 0) is 36.5 Å². The van der Waals surface area contributed by atoms with Crippen LogP contribution in [0.3, 0.4) is 0 Å². The number of halogens is 1. The predicted octanol–water partition coefficient (Wildman–Crippen LogP) is 2.29. The third kappa shape index (κ3) is 1.77. The van der Waals surface area contributed by atoms with E-state index >= 15 is 0 Å². The van der Waals surface area contributed by atoms with Crippen molar-refractivity contribution >= 4 is 17.5 Å². The van der Waals surface area contributed by atoms with Gasteiger partial charge in [-0.1, -0.05) is 12.2 Å². The Morgan fingerprint density at radius 1 is 1.38 bits per heavy atom. The zero-order chi connectivity index (χ0) is 11.1. The van der Waals surface area contributed by atoms with E-state index in [1.54, 1.807) is 0 Å². The van der Waals surface area contributed by atoms with Gasteiger partial charge in [0.05, 0.1) is 0 Å². The molecule has 2 bridgehead atoms. The lowest BCUT2D eigenvalue weighted by atomic mass is 9.93. The molecule has 4 unspecified atom stereocenters. The molecule has 0 aromatic rings. The first kappa shape index (κ1) is 10.6. The second kappa shape index (κ2) is 4.06. The number of carbonyl (C=O) groups excluding carboxylic acids is 1. The summed E-state index contributed by atoms with van der Waals surface area (Å²) in [5.74, 6) is 3.59. The van der Waals surface area contributed by atoms with E-state index in [9.17, 15) is 4.79 Å². The van der Waals surface area contributed by atoms with Crippen LogP contribution in [0.15, 0.2) is 12.2 Å². The second-order valence-corrected chi connectivity index (χ2v) is 5.87. The molecular formula is C13H18ClNO. The SMILES string of the molecule is O=C1CC(CCl)CN1CC1CC2C=CC1C2. The fraction of sp³-hybridized carbons (Fsp3) is 0.769. The normalized spacial score (nSPS) is 41.3. The Morgan fingerprint density at radius 2 is 2.25 bits per heavy atom. The summed E-state index contributed by atoms with van der Waals surface area (Å²) in [5.41, 5.74) is 0. The maximum atomic E-state index is 11.8. The van der Waals surface area contributed by atoms with Crippen molar-refractivity contribution in [2.75, 3.05) is 19.0 Å². The molecule has 1 saturated heterocycles. The molecule has 3 heteroatoms. The summed E-state index contributed by atoms with van der Waals surface area (Å²) in [6, 6.07) is 0. The summed E-state index contributed by atoms with van der Waals surface area (Å²) in [6.45, 7) is 1.86. The van der Waals surface area contributed by atoms with Crippen molar-refractivity contribution in [1.82, 2.24) is 4.90 Å². The maximum absolute atomic E-state index is 11.8. The first-order valence-corrected chi connectivity index (χ1v) is 6.81. The summed E-state index contributed by atoms with van der Waals surface area (Å²) in [5, 5.41) is 0. The number of fused-ring (bicyclic) bond motifs is 2. The van der Waals surface area contributed by atoms with Crippen LogP contribution in [-0.4, -0.2) is 29.8 Å². The molecule has 2 fully saturated rings. The average Bonchev–Trinajstić information content (AvgIpc) is 2.95. The average molecular weight is 240 g/mol. The Balaban J connectivity index is 1.59. The Morgan fingerprint density at radius 3 is 2.81 bits per heavy atom. The summed E-state index contributed by atoms with van der Waals surface area (Å²) in [7, 11) is 0. The lowest BCUT2D eigenvalue weighted by Crippen LogP contribution is -2.32. The molecule has 2 nitrogen and oxygen atoms in total. The molecule has 1 aliphatic heterocycles. The number of carbonyl (C=O) groups is 1. The van der Waals surface area contributed by atoms with Crippen LogP contribution in [0.4, 0.5) is 0 Å². The molecule has 0 aromatic carbocycles. The highest BCUT2D eigenvalue weighted by Crippen LogP contribution is 2.44. The minimum absolute atomic E-state index is 0.317. The number of hydrogen-bond donors (Lipinski definition) is 0. The zero-order valence-corrected chi connectivity index (χ0v) is 10.2. The van der Waals surface area contributed by atoms with Crippen LogP contribution < -0.4 is 0 Å². The summed E-state index contributed by atoms with van der Waals surface area (Å²) < 4.78 is 0. The van der Waals surface area contributed by atoms with Gasteiger partial charge >= 0.3 is 0 Å². The van der Waals surface area contributed by atoms with E-state index in [4.69, 9.17) is 11.6 Å². The molecule has 3 rings (SSSR count). The molecule has 0 spiro atoms. The molecule has 3 aliphatic rings. The molecule has 1 heterocycles. The van der Waals surface area contributed by atoms with Crippen molar-refractivity contribution in [2.45, 2.75) is 19.3 Å². The van der Waals surface area contributed by atoms with E-state index in [2.05, 4.69) is 12.2 Å². The van der Waals surface area contributed by atoms with Gasteiger partial charge in [0, 0.05) is 25.4 Å². The third-order valence-corrected chi connectivity index (χ3v) is 4.82. The van der Waals surface area contributed by atoms with E-state index in [-0.39, 0.29) is 0 Å². The summed E-state index contributed by atoms with van der Waals surface area (Å²) >= 11 is 5.83. The van der Waals surface area contributed by atoms with Crippen LogP contribution in [0.2, 0.25) is 0 Å². The topological polar surface area (TPSA) is 20.3 Å². The number of amides is 1. The largest absolute Gasteiger partial charge is 0.342 e. The highest BCUT2D eigenvalue weighted by molar-refractivity contribution is 6.18. The molecule has 1 amide bonds. The van der Waals surface area contributed by atoms with E-state index in [1.807, 2.05) is 4.90 Å². The van der Waals surface area contributed by atoms with Crippen molar-refractivity contribution in [1.29, 1.82) is 0 Å². The molecule has 2 aliphatic carbocycles. The van der Waals surface area contributed by atoms with Crippen molar-refractivity contribution in [3.8, 4) is 0 Å². The lowest BCUT2D eigenvalue weighted by Gasteiger charge is -2.25. The van der Waals surface area contributed by atoms with Gasteiger partial charge < -0.3 is 4.90 Å². The van der Waals surface area contributed by atoms with Crippen LogP contribution in [-0.2, 0) is 4.79 Å². The number of alkyl halides is 1. The van der Waals surface area contributed by atoms with Crippen molar-refractivity contribution in [3.05, 3.63) is 12.2 Å². The van der Waals surface area contributed by atoms with Gasteiger partial charge in [0.2, 0.25) is 5.91 Å². The number of rotatable bonds is 3. The van der Waals surface area contributed by atoms with Gasteiger partial charge in [-0.3, -0.25) is 4.79 Å². The fourth-order valence-electron chi connectivity index (χ4n) is 3.52. The zero-order valence-electron chi connectivity index (χ0n) is 9.44. The van der Waals surface area contributed by atoms with Crippen molar-refractivity contribution < 1.29 is 4.79 Å². The van der Waals surface area contributed by atoms with Gasteiger partial charge in [0.1, 0.15) is 0 Å². The van der Waals surface area contributed by atoms with Gasteiger partial charge in [-0.2, -0.15) is 0 Å². The minimum atomic E-state index is 0.317. The van der Waals surface area contributed by atoms with Gasteiger partial charge in [-0.15, -0.1) is 11.6 Å². The Labute approximate surface area is 102 Å². The Bertz CT molecular complexity index is 328. The van der Waals surface area contributed by atoms with E-state index in [1.165, 1.54) is 12.8 Å². The van der Waals surface area contributed by atoms with Gasteiger partial charge in [-0.25, -0.2) is 0 Å². The smallest absolute Gasteiger partial charge is 0.222 e. The van der Waals surface area contributed by atoms with Crippen LogP contribution in [0.25, 0.3) is 0 Å². The highest BCUT2D eigenvalue weighted by atomic mass is 35.5. The third-order valence-electron chi connectivity index (χ3n) is 4.38. The van der Waals surface area contributed by atoms with Crippen LogP contribution >= 0.6 is 11.6 Å². The second-order valence-electron chi connectivity index (χ2n) is 5.56. The van der Waals surface area contributed by atoms with Crippen molar-refractivity contribution in [2.24, 2.45) is 23.7 Å². The highest BCUT2D eigenvalue weighted by Gasteiger charge is 2.38. The Hall–Kier alpha value is -0.500. The van der Waals surface area contributed by atoms with Crippen LogP contribution in [0.5, 0.6) is 0 Å². The minimum Gasteiger partial charge on any atom is -0.342 e. The van der Waals surface area contributed by atoms with E-state index < -0.39 is 0 Å². The quantitative estimate of drug-likeness (QED) is 0.547. The van der Waals surface area contributed by atoms with E-state index in [0.29, 0.717) is 30.0 Å². The molecule has 4 atom stereocenters. The first-order valence-electron chi connectivity index (χ1n) is 6.28. The number of likely N-dealkylation sites (tertiary alicyclic amines) is 1. The molecule has 0 N–H and O–H groups in total. The van der Waals surface area contributed by atoms with Crippen LogP contribution in [0, 0.1) is 23.7 Å². The molecule has 0 radical (unpaired) electrons. The van der Waals surface area contributed by atoms with Gasteiger partial charge in [0.15, 0.2) is 0 Å². The molecular weight excluding hydrogens is 222 g/mol. The summed E-state index contributed by atoms with van der Waals surface area (Å²) in [4.78, 5) is 13.8. The Kier molecular flexibility index (Phi) is 2.70. The first-order chi connectivity index (χ1) is 7.76. The maximum Gasteiger partial charge on any atom is 0.222 e. The molecule has 0 aromatic heterocycles. The molecule has 16 heavy (non-hydrogen) atoms. The lowest BCUT2D eigenvalue weighted by molar-refractivity contribution is -0.128. The van der Waals surface area contributed by atoms with Gasteiger partial charge in [0.25, 0.3) is 0 Å². The monoisotopic (exact) mass is 239 g/mol. The van der Waals surface area contributed by atoms with Crippen molar-refractivity contribution in [3.63, 3.8) is 0 Å². The molecule has 88 valence electrons. The number of hydrogen-bond acceptors (Lipinski definition) is 1. The number of nitrogens with zero attached hydrogens (tertiary/aromatic N) is 1. The predicted molar refractivity (Wildman–Crippen MR) is 64.3 cm³/mol. The van der Waals surface area contributed by atoms with E-state index in [0.717, 1.165) is 24.9 Å².